The summed E-state index contributed by atoms with van der Waals surface area (Å²) in [5.74, 6) is 1.39. The number of halogens is 1. The fraction of sp³-hybridized carbons (Fsp3) is 1.00. The van der Waals surface area contributed by atoms with Gasteiger partial charge >= 0.3 is 0 Å². The fourth-order valence-electron chi connectivity index (χ4n) is 0.929. The molecule has 0 aliphatic carbocycles. The first kappa shape index (κ1) is 6.94. The van der Waals surface area contributed by atoms with Crippen LogP contribution in [0.4, 0.5) is 0 Å². The molecule has 0 aromatic heterocycles. The van der Waals surface area contributed by atoms with Crippen molar-refractivity contribution in [1.29, 1.82) is 0 Å². The summed E-state index contributed by atoms with van der Waals surface area (Å²) in [6, 6.07) is 0. The monoisotopic (exact) mass is 194 g/mol. The van der Waals surface area contributed by atoms with Crippen LogP contribution in [-0.4, -0.2) is 16.3 Å². The van der Waals surface area contributed by atoms with E-state index < -0.39 is 0 Å². The van der Waals surface area contributed by atoms with Gasteiger partial charge in [0, 0.05) is 10.6 Å². The standard InChI is InChI=1S/C6H11BrS/c7-5-6-3-1-2-4-8-6/h6H,1-5H2. The van der Waals surface area contributed by atoms with Gasteiger partial charge in [-0.1, -0.05) is 22.4 Å². The van der Waals surface area contributed by atoms with Crippen molar-refractivity contribution in [2.75, 3.05) is 11.1 Å². The van der Waals surface area contributed by atoms with E-state index in [-0.39, 0.29) is 0 Å². The zero-order valence-corrected chi connectivity index (χ0v) is 7.30. The van der Waals surface area contributed by atoms with Crippen LogP contribution in [0.3, 0.4) is 0 Å². The molecule has 1 aliphatic heterocycles. The Morgan fingerprint density at radius 2 is 2.38 bits per heavy atom. The minimum absolute atomic E-state index is 0.920. The van der Waals surface area contributed by atoms with Crippen LogP contribution in [0.25, 0.3) is 0 Å². The SMILES string of the molecule is BrCC1CCCCS1. The zero-order valence-electron chi connectivity index (χ0n) is 4.90. The van der Waals surface area contributed by atoms with Gasteiger partial charge < -0.3 is 0 Å². The number of rotatable bonds is 1. The van der Waals surface area contributed by atoms with E-state index in [9.17, 15) is 0 Å². The molecule has 1 saturated heterocycles. The average molecular weight is 195 g/mol. The van der Waals surface area contributed by atoms with Gasteiger partial charge in [-0.15, -0.1) is 0 Å². The molecule has 0 nitrogen and oxygen atoms in total. The van der Waals surface area contributed by atoms with Crippen molar-refractivity contribution in [3.8, 4) is 0 Å². The Morgan fingerprint density at radius 1 is 1.50 bits per heavy atom. The van der Waals surface area contributed by atoms with Gasteiger partial charge in [-0.2, -0.15) is 11.8 Å². The number of thioether (sulfide) groups is 1. The van der Waals surface area contributed by atoms with Gasteiger partial charge in [-0.3, -0.25) is 0 Å². The molecular weight excluding hydrogens is 184 g/mol. The highest BCUT2D eigenvalue weighted by molar-refractivity contribution is 9.09. The number of hydrogen-bond acceptors (Lipinski definition) is 1. The van der Waals surface area contributed by atoms with E-state index in [1.165, 1.54) is 30.3 Å². The summed E-state index contributed by atoms with van der Waals surface area (Å²) < 4.78 is 0. The molecule has 1 heterocycles. The smallest absolute Gasteiger partial charge is 0.0151 e. The molecule has 0 amide bonds. The van der Waals surface area contributed by atoms with Crippen LogP contribution in [0.1, 0.15) is 19.3 Å². The molecular formula is C6H11BrS. The van der Waals surface area contributed by atoms with Crippen LogP contribution in [0.5, 0.6) is 0 Å². The zero-order chi connectivity index (χ0) is 5.82. The van der Waals surface area contributed by atoms with Crippen molar-refractivity contribution in [3.05, 3.63) is 0 Å². The lowest BCUT2D eigenvalue weighted by Gasteiger charge is -2.17. The van der Waals surface area contributed by atoms with Gasteiger partial charge in [0.25, 0.3) is 0 Å². The van der Waals surface area contributed by atoms with Crippen molar-refractivity contribution in [2.45, 2.75) is 24.5 Å². The predicted molar refractivity (Wildman–Crippen MR) is 43.9 cm³/mol. The molecule has 1 atom stereocenters. The molecule has 0 aromatic carbocycles. The molecule has 0 spiro atoms. The van der Waals surface area contributed by atoms with Gasteiger partial charge in [0.1, 0.15) is 0 Å². The van der Waals surface area contributed by atoms with Crippen molar-refractivity contribution >= 4 is 27.7 Å². The van der Waals surface area contributed by atoms with E-state index in [1.807, 2.05) is 0 Å². The third kappa shape index (κ3) is 1.98. The summed E-state index contributed by atoms with van der Waals surface area (Å²) in [5, 5.41) is 2.11. The molecule has 1 aliphatic rings. The van der Waals surface area contributed by atoms with Crippen LogP contribution >= 0.6 is 27.7 Å². The summed E-state index contributed by atoms with van der Waals surface area (Å²) in [4.78, 5) is 0. The molecule has 0 saturated carbocycles. The van der Waals surface area contributed by atoms with Crippen molar-refractivity contribution in [1.82, 2.24) is 0 Å². The van der Waals surface area contributed by atoms with Crippen LogP contribution in [0, 0.1) is 0 Å². The Morgan fingerprint density at radius 3 is 2.75 bits per heavy atom. The lowest BCUT2D eigenvalue weighted by molar-refractivity contribution is 0.699. The van der Waals surface area contributed by atoms with Gasteiger partial charge in [0.05, 0.1) is 0 Å². The Labute approximate surface area is 63.5 Å². The first-order valence-electron chi connectivity index (χ1n) is 3.11. The quantitative estimate of drug-likeness (QED) is 0.579. The summed E-state index contributed by atoms with van der Waals surface area (Å²) in [6.07, 6.45) is 4.31. The minimum atomic E-state index is 0.920. The van der Waals surface area contributed by atoms with Crippen LogP contribution in [0.2, 0.25) is 0 Å². The van der Waals surface area contributed by atoms with E-state index in [2.05, 4.69) is 27.7 Å². The second kappa shape index (κ2) is 3.78. The Balaban J connectivity index is 2.13. The lowest BCUT2D eigenvalue weighted by Crippen LogP contribution is -2.09. The Kier molecular flexibility index (Phi) is 3.28. The molecule has 1 fully saturated rings. The fourth-order valence-corrected chi connectivity index (χ4v) is 2.94. The van der Waals surface area contributed by atoms with E-state index in [4.69, 9.17) is 0 Å². The second-order valence-electron chi connectivity index (χ2n) is 2.14. The highest BCUT2D eigenvalue weighted by Gasteiger charge is 2.10. The maximum absolute atomic E-state index is 3.49. The van der Waals surface area contributed by atoms with Crippen molar-refractivity contribution in [3.63, 3.8) is 0 Å². The molecule has 2 heteroatoms. The molecule has 0 bridgehead atoms. The van der Waals surface area contributed by atoms with Crippen LogP contribution < -0.4 is 0 Å². The first-order chi connectivity index (χ1) is 3.93. The number of hydrogen-bond donors (Lipinski definition) is 0. The van der Waals surface area contributed by atoms with E-state index in [0.717, 1.165) is 5.25 Å². The maximum Gasteiger partial charge on any atom is 0.0151 e. The molecule has 48 valence electrons. The van der Waals surface area contributed by atoms with E-state index >= 15 is 0 Å². The Bertz CT molecular complexity index is 59.5. The third-order valence-corrected chi connectivity index (χ3v) is 4.05. The average Bonchev–Trinajstić information content (AvgIpc) is 1.90. The third-order valence-electron chi connectivity index (χ3n) is 1.45. The van der Waals surface area contributed by atoms with Crippen molar-refractivity contribution in [2.24, 2.45) is 0 Å². The summed E-state index contributed by atoms with van der Waals surface area (Å²) in [5.41, 5.74) is 0. The summed E-state index contributed by atoms with van der Waals surface area (Å²) >= 11 is 5.61. The molecule has 0 aromatic rings. The highest BCUT2D eigenvalue weighted by atomic mass is 79.9. The van der Waals surface area contributed by atoms with Gasteiger partial charge in [-0.05, 0) is 18.6 Å². The van der Waals surface area contributed by atoms with E-state index in [0.29, 0.717) is 0 Å². The van der Waals surface area contributed by atoms with Gasteiger partial charge in [-0.25, -0.2) is 0 Å². The molecule has 1 unspecified atom stereocenters. The van der Waals surface area contributed by atoms with Crippen LogP contribution in [-0.2, 0) is 0 Å². The van der Waals surface area contributed by atoms with Gasteiger partial charge in [0.15, 0.2) is 0 Å². The molecule has 0 radical (unpaired) electrons. The number of alkyl halides is 1. The predicted octanol–water partition coefficient (Wildman–Crippen LogP) is 2.67. The molecule has 1 rings (SSSR count). The second-order valence-corrected chi connectivity index (χ2v) is 4.20. The normalized spacial score (nSPS) is 30.4. The lowest BCUT2D eigenvalue weighted by atomic mass is 10.2. The highest BCUT2D eigenvalue weighted by Crippen LogP contribution is 2.25. The topological polar surface area (TPSA) is 0 Å². The van der Waals surface area contributed by atoms with Gasteiger partial charge in [0.2, 0.25) is 0 Å². The minimum Gasteiger partial charge on any atom is -0.158 e. The molecule has 8 heavy (non-hydrogen) atoms. The summed E-state index contributed by atoms with van der Waals surface area (Å²) in [7, 11) is 0. The largest absolute Gasteiger partial charge is 0.158 e. The Hall–Kier alpha value is 0.830. The first-order valence-corrected chi connectivity index (χ1v) is 5.28. The van der Waals surface area contributed by atoms with E-state index in [1.54, 1.807) is 0 Å². The van der Waals surface area contributed by atoms with Crippen molar-refractivity contribution < 1.29 is 0 Å². The summed E-state index contributed by atoms with van der Waals surface area (Å²) in [6.45, 7) is 0. The van der Waals surface area contributed by atoms with Crippen LogP contribution in [0.15, 0.2) is 0 Å². The maximum atomic E-state index is 3.49. The molecule has 0 N–H and O–H groups in total.